The van der Waals surface area contributed by atoms with E-state index in [9.17, 15) is 13.2 Å². The molecule has 2 rings (SSSR count). The van der Waals surface area contributed by atoms with Crippen molar-refractivity contribution < 1.29 is 17.8 Å². The van der Waals surface area contributed by atoms with Gasteiger partial charge in [0.25, 0.3) is 10.1 Å². The second-order valence-corrected chi connectivity index (χ2v) is 5.45. The van der Waals surface area contributed by atoms with E-state index in [0.717, 1.165) is 12.0 Å². The zero-order valence-corrected chi connectivity index (χ0v) is 8.96. The summed E-state index contributed by atoms with van der Waals surface area (Å²) in [6.45, 7) is 0. The van der Waals surface area contributed by atoms with E-state index < -0.39 is 21.2 Å². The molecule has 0 saturated carbocycles. The molecule has 4 nitrogen and oxygen atoms in total. The van der Waals surface area contributed by atoms with Crippen molar-refractivity contribution in [3.63, 3.8) is 0 Å². The molecule has 0 radical (unpaired) electrons. The van der Waals surface area contributed by atoms with Crippen molar-refractivity contribution in [2.45, 2.75) is 30.9 Å². The third-order valence-corrected chi connectivity index (χ3v) is 4.06. The minimum atomic E-state index is -4.23. The highest BCUT2D eigenvalue weighted by Crippen LogP contribution is 2.32. The monoisotopic (exact) mass is 228 g/mol. The summed E-state index contributed by atoms with van der Waals surface area (Å²) in [7, 11) is -4.23. The normalized spacial score (nSPS) is 26.7. The molecule has 0 saturated heterocycles. The summed E-state index contributed by atoms with van der Waals surface area (Å²) in [5.41, 5.74) is 1.53. The molecule has 1 atom stereocenters. The maximum atomic E-state index is 11.8. The average molecular weight is 228 g/mol. The van der Waals surface area contributed by atoms with Gasteiger partial charge in [0.1, 0.15) is 5.25 Å². The lowest BCUT2D eigenvalue weighted by molar-refractivity contribution is -0.115. The van der Waals surface area contributed by atoms with Gasteiger partial charge in [0.2, 0.25) is 0 Å². The van der Waals surface area contributed by atoms with Crippen LogP contribution in [0.2, 0.25) is 0 Å². The zero-order valence-electron chi connectivity index (χ0n) is 8.14. The number of carbonyl (C=O) groups excluding carboxylic acids is 1. The van der Waals surface area contributed by atoms with Gasteiger partial charge in [0.05, 0.1) is 0 Å². The molecule has 82 valence electrons. The lowest BCUT2D eigenvalue weighted by atomic mass is 9.85. The second-order valence-electron chi connectivity index (χ2n) is 3.85. The van der Waals surface area contributed by atoms with Crippen molar-refractivity contribution in [1.29, 1.82) is 0 Å². The minimum absolute atomic E-state index is 0.195. The predicted octanol–water partition coefficient (Wildman–Crippen LogP) is 1.25. The van der Waals surface area contributed by atoms with Gasteiger partial charge < -0.3 is 0 Å². The molecular weight excluding hydrogens is 216 g/mol. The van der Waals surface area contributed by atoms with Crippen molar-refractivity contribution >= 4 is 15.9 Å². The molecular formula is C10H12O4S. The number of hydrogen-bond donors (Lipinski definition) is 1. The van der Waals surface area contributed by atoms with Crippen LogP contribution in [-0.4, -0.2) is 24.0 Å². The molecule has 0 amide bonds. The Balaban J connectivity index is 2.38. The molecule has 0 aliphatic heterocycles. The molecule has 2 aliphatic carbocycles. The first-order chi connectivity index (χ1) is 7.00. The van der Waals surface area contributed by atoms with E-state index in [4.69, 9.17) is 4.55 Å². The Labute approximate surface area is 88.4 Å². The van der Waals surface area contributed by atoms with Gasteiger partial charge >= 0.3 is 0 Å². The molecule has 0 fully saturated rings. The number of ketones is 1. The zero-order chi connectivity index (χ0) is 11.1. The summed E-state index contributed by atoms with van der Waals surface area (Å²) in [5.74, 6) is -0.414. The lowest BCUT2D eigenvalue weighted by Crippen LogP contribution is -2.34. The fourth-order valence-electron chi connectivity index (χ4n) is 2.13. The van der Waals surface area contributed by atoms with Crippen LogP contribution in [0.5, 0.6) is 0 Å². The molecule has 2 aliphatic rings. The fraction of sp³-hybridized carbons (Fsp3) is 0.500. The number of hydrogen-bond acceptors (Lipinski definition) is 3. The van der Waals surface area contributed by atoms with Crippen LogP contribution in [0.4, 0.5) is 0 Å². The Morgan fingerprint density at radius 1 is 1.33 bits per heavy atom. The first-order valence-electron chi connectivity index (χ1n) is 4.89. The summed E-state index contributed by atoms with van der Waals surface area (Å²) >= 11 is 0. The summed E-state index contributed by atoms with van der Waals surface area (Å²) in [6.07, 6.45) is 5.99. The van der Waals surface area contributed by atoms with Crippen LogP contribution in [0.25, 0.3) is 0 Å². The maximum absolute atomic E-state index is 11.8. The summed E-state index contributed by atoms with van der Waals surface area (Å²) in [4.78, 5) is 11.8. The highest BCUT2D eigenvalue weighted by molar-refractivity contribution is 7.87. The van der Waals surface area contributed by atoms with E-state index in [1.807, 2.05) is 12.2 Å². The van der Waals surface area contributed by atoms with Gasteiger partial charge in [0.15, 0.2) is 5.78 Å². The second kappa shape index (κ2) is 3.57. The molecule has 1 N–H and O–H groups in total. The summed E-state index contributed by atoms with van der Waals surface area (Å²) in [6, 6.07) is 0. The topological polar surface area (TPSA) is 71.4 Å². The molecule has 0 spiro atoms. The smallest absolute Gasteiger partial charge is 0.275 e. The van der Waals surface area contributed by atoms with Gasteiger partial charge in [-0.2, -0.15) is 8.42 Å². The highest BCUT2D eigenvalue weighted by Gasteiger charge is 2.37. The van der Waals surface area contributed by atoms with E-state index in [1.165, 1.54) is 0 Å². The molecule has 0 heterocycles. The van der Waals surface area contributed by atoms with Gasteiger partial charge in [-0.25, -0.2) is 0 Å². The van der Waals surface area contributed by atoms with Crippen LogP contribution >= 0.6 is 0 Å². The van der Waals surface area contributed by atoms with Crippen LogP contribution < -0.4 is 0 Å². The highest BCUT2D eigenvalue weighted by atomic mass is 32.2. The van der Waals surface area contributed by atoms with Crippen molar-refractivity contribution in [3.8, 4) is 0 Å². The number of carbonyl (C=O) groups is 1. The third kappa shape index (κ3) is 1.89. The van der Waals surface area contributed by atoms with Gasteiger partial charge in [-0.3, -0.25) is 9.35 Å². The van der Waals surface area contributed by atoms with Gasteiger partial charge in [0, 0.05) is 5.57 Å². The van der Waals surface area contributed by atoms with Crippen LogP contribution in [-0.2, 0) is 14.9 Å². The largest absolute Gasteiger partial charge is 0.293 e. The van der Waals surface area contributed by atoms with E-state index in [-0.39, 0.29) is 6.42 Å². The van der Waals surface area contributed by atoms with Gasteiger partial charge in [-0.05, 0) is 31.3 Å². The van der Waals surface area contributed by atoms with E-state index in [0.29, 0.717) is 18.4 Å². The van der Waals surface area contributed by atoms with Crippen molar-refractivity contribution in [1.82, 2.24) is 0 Å². The Morgan fingerprint density at radius 2 is 2.07 bits per heavy atom. The Morgan fingerprint density at radius 3 is 2.73 bits per heavy atom. The first kappa shape index (κ1) is 10.6. The lowest BCUT2D eigenvalue weighted by Gasteiger charge is -2.24. The summed E-state index contributed by atoms with van der Waals surface area (Å²) < 4.78 is 30.8. The van der Waals surface area contributed by atoms with Crippen LogP contribution in [0.3, 0.4) is 0 Å². The van der Waals surface area contributed by atoms with Crippen molar-refractivity contribution in [2.24, 2.45) is 0 Å². The molecule has 1 unspecified atom stereocenters. The van der Waals surface area contributed by atoms with Gasteiger partial charge in [-0.15, -0.1) is 0 Å². The van der Waals surface area contributed by atoms with Crippen molar-refractivity contribution in [2.75, 3.05) is 0 Å². The van der Waals surface area contributed by atoms with Crippen LogP contribution in [0.1, 0.15) is 25.7 Å². The Kier molecular flexibility index (Phi) is 2.52. The van der Waals surface area contributed by atoms with Crippen LogP contribution in [0.15, 0.2) is 23.3 Å². The van der Waals surface area contributed by atoms with E-state index >= 15 is 0 Å². The van der Waals surface area contributed by atoms with Gasteiger partial charge in [-0.1, -0.05) is 12.2 Å². The number of rotatable bonds is 1. The molecule has 5 heteroatoms. The Hall–Kier alpha value is -0.940. The molecule has 0 aromatic rings. The number of allylic oxidation sites excluding steroid dienone is 4. The molecule has 0 aromatic carbocycles. The standard InChI is InChI=1S/C10H12O4S/c11-10-8-4-2-1-3-7(8)5-6-9(10)15(12,13)14/h1,3,9H,2,4-6H2,(H,12,13,14). The molecule has 0 bridgehead atoms. The Bertz CT molecular complexity index is 456. The quantitative estimate of drug-likeness (QED) is 0.686. The van der Waals surface area contributed by atoms with E-state index in [1.54, 1.807) is 0 Å². The minimum Gasteiger partial charge on any atom is -0.293 e. The number of Topliss-reactive ketones (excluding diaryl/α,β-unsaturated/α-hetero) is 1. The third-order valence-electron chi connectivity index (χ3n) is 2.89. The fourth-order valence-corrected chi connectivity index (χ4v) is 2.95. The maximum Gasteiger partial charge on any atom is 0.275 e. The molecule has 0 aromatic heterocycles. The first-order valence-corrected chi connectivity index (χ1v) is 6.39. The van der Waals surface area contributed by atoms with Crippen molar-refractivity contribution in [3.05, 3.63) is 23.3 Å². The van der Waals surface area contributed by atoms with Crippen LogP contribution in [0, 0.1) is 0 Å². The summed E-state index contributed by atoms with van der Waals surface area (Å²) in [5, 5.41) is -1.23. The average Bonchev–Trinajstić information content (AvgIpc) is 2.16. The van der Waals surface area contributed by atoms with E-state index in [2.05, 4.69) is 0 Å². The molecule has 15 heavy (non-hydrogen) atoms. The predicted molar refractivity (Wildman–Crippen MR) is 55.0 cm³/mol. The SMILES string of the molecule is O=C1C2=C(C=CCC2)CCC1S(=O)(=O)O.